The van der Waals surface area contributed by atoms with E-state index in [1.807, 2.05) is 24.9 Å². The molecule has 0 radical (unpaired) electrons. The average molecular weight is 385 g/mol. The topological polar surface area (TPSA) is 93.4 Å². The Kier molecular flexibility index (Phi) is 5.57. The molecule has 150 valence electrons. The first-order chi connectivity index (χ1) is 13.7. The molecule has 1 N–H and O–H groups in total. The van der Waals surface area contributed by atoms with Gasteiger partial charge >= 0.3 is 6.03 Å². The van der Waals surface area contributed by atoms with E-state index in [0.29, 0.717) is 31.3 Å². The molecular formula is C20H27N5O3. The summed E-state index contributed by atoms with van der Waals surface area (Å²) < 4.78 is 11.3. The van der Waals surface area contributed by atoms with Crippen LogP contribution >= 0.6 is 0 Å². The fourth-order valence-electron chi connectivity index (χ4n) is 3.87. The van der Waals surface area contributed by atoms with E-state index in [-0.39, 0.29) is 12.1 Å². The Morgan fingerprint density at radius 1 is 1.39 bits per heavy atom. The van der Waals surface area contributed by atoms with Gasteiger partial charge in [-0.2, -0.15) is 4.98 Å². The van der Waals surface area contributed by atoms with Crippen molar-refractivity contribution >= 4 is 6.03 Å². The van der Waals surface area contributed by atoms with Gasteiger partial charge in [-0.05, 0) is 50.2 Å². The maximum absolute atomic E-state index is 12.3. The second kappa shape index (κ2) is 8.26. The van der Waals surface area contributed by atoms with Crippen molar-refractivity contribution in [3.63, 3.8) is 0 Å². The van der Waals surface area contributed by atoms with E-state index in [0.717, 1.165) is 61.1 Å². The van der Waals surface area contributed by atoms with Crippen molar-refractivity contribution in [1.29, 1.82) is 0 Å². The van der Waals surface area contributed by atoms with Crippen molar-refractivity contribution < 1.29 is 14.1 Å². The van der Waals surface area contributed by atoms with Gasteiger partial charge in [-0.15, -0.1) is 0 Å². The highest BCUT2D eigenvalue weighted by Crippen LogP contribution is 2.33. The monoisotopic (exact) mass is 385 g/mol. The van der Waals surface area contributed by atoms with Gasteiger partial charge in [0.25, 0.3) is 5.89 Å². The van der Waals surface area contributed by atoms with E-state index in [1.165, 1.54) is 0 Å². The lowest BCUT2D eigenvalue weighted by Crippen LogP contribution is -2.43. The summed E-state index contributed by atoms with van der Waals surface area (Å²) in [5.74, 6) is 1.11. The lowest BCUT2D eigenvalue weighted by Gasteiger charge is -2.30. The molecule has 0 aromatic carbocycles. The lowest BCUT2D eigenvalue weighted by atomic mass is 9.94. The quantitative estimate of drug-likeness (QED) is 0.869. The van der Waals surface area contributed by atoms with Gasteiger partial charge in [0.05, 0.1) is 0 Å². The molecule has 2 aromatic heterocycles. The van der Waals surface area contributed by atoms with Crippen LogP contribution in [0.25, 0.3) is 11.4 Å². The summed E-state index contributed by atoms with van der Waals surface area (Å²) in [6.07, 6.45) is 6.52. The van der Waals surface area contributed by atoms with Gasteiger partial charge in [0, 0.05) is 43.7 Å². The molecule has 2 aromatic rings. The first kappa shape index (κ1) is 18.9. The molecule has 0 saturated carbocycles. The Balaban J connectivity index is 1.58. The number of carbonyl (C=O) groups is 1. The molecule has 1 fully saturated rings. The molecule has 2 aliphatic rings. The van der Waals surface area contributed by atoms with Crippen LogP contribution in [-0.4, -0.2) is 45.8 Å². The number of amides is 2. The van der Waals surface area contributed by atoms with Crippen LogP contribution in [0.15, 0.2) is 10.7 Å². The number of fused-ring (bicyclic) bond motifs is 1. The van der Waals surface area contributed by atoms with Crippen LogP contribution in [0.1, 0.15) is 61.4 Å². The van der Waals surface area contributed by atoms with Crippen molar-refractivity contribution in [2.45, 2.75) is 58.6 Å². The van der Waals surface area contributed by atoms with E-state index >= 15 is 0 Å². The highest BCUT2D eigenvalue weighted by Gasteiger charge is 2.28. The second-order valence-electron chi connectivity index (χ2n) is 7.44. The minimum Gasteiger partial charge on any atom is -0.368 e. The van der Waals surface area contributed by atoms with Crippen molar-refractivity contribution in [3.8, 4) is 11.4 Å². The summed E-state index contributed by atoms with van der Waals surface area (Å²) in [6.45, 7) is 6.64. The first-order valence-corrected chi connectivity index (χ1v) is 10.1. The number of aryl methyl sites for hydroxylation is 1. The predicted octanol–water partition coefficient (Wildman–Crippen LogP) is 3.16. The summed E-state index contributed by atoms with van der Waals surface area (Å²) in [6, 6.07) is -0.0223. The third-order valence-electron chi connectivity index (χ3n) is 5.39. The molecule has 0 spiro atoms. The van der Waals surface area contributed by atoms with E-state index in [9.17, 15) is 4.79 Å². The second-order valence-corrected chi connectivity index (χ2v) is 7.44. The fourth-order valence-corrected chi connectivity index (χ4v) is 3.87. The molecule has 1 atom stereocenters. The smallest absolute Gasteiger partial charge is 0.317 e. The zero-order chi connectivity index (χ0) is 19.5. The van der Waals surface area contributed by atoms with E-state index in [2.05, 4.69) is 20.4 Å². The maximum Gasteiger partial charge on any atom is 0.317 e. The molecular weight excluding hydrogens is 358 g/mol. The Morgan fingerprint density at radius 2 is 2.29 bits per heavy atom. The van der Waals surface area contributed by atoms with Gasteiger partial charge in [0.1, 0.15) is 6.10 Å². The standard InChI is InChI=1S/C20H27N5O3/c1-3-8-21-20(26)25-9-7-15-14(12-25)11-22-13(2)17(15)18-23-19(28-24-18)16-6-4-5-10-27-16/h11,16H,3-10,12H2,1-2H3,(H,21,26)/t16-/m0/s1. The van der Waals surface area contributed by atoms with Crippen molar-refractivity contribution in [1.82, 2.24) is 25.3 Å². The number of ether oxygens (including phenoxy) is 1. The van der Waals surface area contributed by atoms with Gasteiger partial charge in [0.15, 0.2) is 0 Å². The van der Waals surface area contributed by atoms with Crippen LogP contribution in [0.3, 0.4) is 0 Å². The summed E-state index contributed by atoms with van der Waals surface area (Å²) in [5, 5.41) is 7.17. The van der Waals surface area contributed by atoms with Crippen LogP contribution in [-0.2, 0) is 17.7 Å². The van der Waals surface area contributed by atoms with E-state index in [1.54, 1.807) is 0 Å². The fraction of sp³-hybridized carbons (Fsp3) is 0.600. The van der Waals surface area contributed by atoms with Crippen LogP contribution in [0.2, 0.25) is 0 Å². The number of aromatic nitrogens is 3. The van der Waals surface area contributed by atoms with Crippen LogP contribution in [0.4, 0.5) is 4.79 Å². The van der Waals surface area contributed by atoms with E-state index < -0.39 is 0 Å². The van der Waals surface area contributed by atoms with Crippen molar-refractivity contribution in [2.75, 3.05) is 19.7 Å². The first-order valence-electron chi connectivity index (χ1n) is 10.1. The van der Waals surface area contributed by atoms with E-state index in [4.69, 9.17) is 9.26 Å². The van der Waals surface area contributed by atoms with Gasteiger partial charge in [-0.3, -0.25) is 4.98 Å². The third-order valence-corrected chi connectivity index (χ3v) is 5.39. The Bertz CT molecular complexity index is 844. The highest BCUT2D eigenvalue weighted by molar-refractivity contribution is 5.75. The normalized spacial score (nSPS) is 19.4. The van der Waals surface area contributed by atoms with Crippen molar-refractivity contribution in [2.24, 2.45) is 0 Å². The number of hydrogen-bond donors (Lipinski definition) is 1. The minimum absolute atomic E-state index is 0.0223. The molecule has 0 unspecified atom stereocenters. The molecule has 8 heteroatoms. The molecule has 1 saturated heterocycles. The number of pyridine rings is 1. The molecule has 4 heterocycles. The maximum atomic E-state index is 12.3. The lowest BCUT2D eigenvalue weighted by molar-refractivity contribution is -0.00459. The summed E-state index contributed by atoms with van der Waals surface area (Å²) >= 11 is 0. The molecule has 28 heavy (non-hydrogen) atoms. The largest absolute Gasteiger partial charge is 0.368 e. The number of hydrogen-bond acceptors (Lipinski definition) is 6. The number of nitrogens with one attached hydrogen (secondary N) is 1. The minimum atomic E-state index is -0.111. The molecule has 0 bridgehead atoms. The zero-order valence-corrected chi connectivity index (χ0v) is 16.5. The Labute approximate surface area is 164 Å². The van der Waals surface area contributed by atoms with Gasteiger partial charge in [-0.1, -0.05) is 12.1 Å². The molecule has 0 aliphatic carbocycles. The molecule has 2 amide bonds. The molecule has 4 rings (SSSR count). The molecule has 2 aliphatic heterocycles. The van der Waals surface area contributed by atoms with Gasteiger partial charge in [0.2, 0.25) is 5.82 Å². The van der Waals surface area contributed by atoms with Crippen LogP contribution in [0, 0.1) is 6.92 Å². The number of nitrogens with zero attached hydrogens (tertiary/aromatic N) is 4. The highest BCUT2D eigenvalue weighted by atomic mass is 16.5. The van der Waals surface area contributed by atoms with Crippen molar-refractivity contribution in [3.05, 3.63) is 28.9 Å². The van der Waals surface area contributed by atoms with Crippen LogP contribution < -0.4 is 5.32 Å². The number of rotatable bonds is 4. The Morgan fingerprint density at radius 3 is 3.07 bits per heavy atom. The van der Waals surface area contributed by atoms with Crippen LogP contribution in [0.5, 0.6) is 0 Å². The Hall–Kier alpha value is -2.48. The zero-order valence-electron chi connectivity index (χ0n) is 16.5. The third kappa shape index (κ3) is 3.73. The SMILES string of the molecule is CCCNC(=O)N1CCc2c(cnc(C)c2-c2noc([C@@H]3CCCCO3)n2)C1. The molecule has 8 nitrogen and oxygen atoms in total. The van der Waals surface area contributed by atoms with Gasteiger partial charge in [-0.25, -0.2) is 4.79 Å². The summed E-state index contributed by atoms with van der Waals surface area (Å²) in [7, 11) is 0. The summed E-state index contributed by atoms with van der Waals surface area (Å²) in [4.78, 5) is 23.3. The van der Waals surface area contributed by atoms with Gasteiger partial charge < -0.3 is 19.5 Å². The average Bonchev–Trinajstić information content (AvgIpc) is 3.22. The number of urea groups is 1. The summed E-state index contributed by atoms with van der Waals surface area (Å²) in [5.41, 5.74) is 4.00. The predicted molar refractivity (Wildman–Crippen MR) is 103 cm³/mol. The number of carbonyl (C=O) groups excluding carboxylic acids is 1.